The maximum Gasteiger partial charge on any atom is 0.407 e. The summed E-state index contributed by atoms with van der Waals surface area (Å²) in [6.45, 7) is 6.19. The number of carbonyl (C=O) groups excluding carboxylic acids is 3. The molecule has 0 aliphatic heterocycles. The number of aliphatic hydroxyl groups excluding tert-OH is 1. The number of nitrogens with zero attached hydrogens (tertiary/aromatic N) is 1. The smallest absolute Gasteiger partial charge is 0.407 e. The van der Waals surface area contributed by atoms with E-state index in [2.05, 4.69) is 16.1 Å². The molecule has 1 aliphatic carbocycles. The van der Waals surface area contributed by atoms with Gasteiger partial charge in [0.05, 0.1) is 19.3 Å². The molecular weight excluding hydrogens is 584 g/mol. The molecule has 10 nitrogen and oxygen atoms in total. The monoisotopic (exact) mass is 630 g/mol. The molecule has 0 unspecified atom stereocenters. The zero-order chi connectivity index (χ0) is 33.3. The number of rotatable bonds is 13. The van der Waals surface area contributed by atoms with E-state index in [1.165, 1.54) is 7.11 Å². The van der Waals surface area contributed by atoms with Gasteiger partial charge in [-0.15, -0.1) is 0 Å². The third-order valence-corrected chi connectivity index (χ3v) is 8.33. The van der Waals surface area contributed by atoms with Gasteiger partial charge in [-0.05, 0) is 40.5 Å². The number of ether oxygens (including phenoxy) is 1. The summed E-state index contributed by atoms with van der Waals surface area (Å²) in [5.41, 5.74) is 4.10. The van der Waals surface area contributed by atoms with Crippen LogP contribution in [0.25, 0.3) is 0 Å². The largest absolute Gasteiger partial charge is 0.453 e. The third-order valence-electron chi connectivity index (χ3n) is 8.33. The van der Waals surface area contributed by atoms with E-state index in [0.29, 0.717) is 25.9 Å². The lowest BCUT2D eigenvalue weighted by molar-refractivity contribution is -0.142. The Morgan fingerprint density at radius 3 is 2.17 bits per heavy atom. The highest BCUT2D eigenvalue weighted by Gasteiger charge is 2.40. The molecule has 3 aromatic carbocycles. The molecule has 3 aromatic rings. The van der Waals surface area contributed by atoms with E-state index in [4.69, 9.17) is 4.74 Å². The van der Waals surface area contributed by atoms with Crippen molar-refractivity contribution in [1.29, 1.82) is 0 Å². The van der Waals surface area contributed by atoms with Crippen LogP contribution in [-0.4, -0.2) is 64.5 Å². The van der Waals surface area contributed by atoms with Crippen LogP contribution in [0, 0.1) is 5.41 Å². The molecule has 246 valence electrons. The number of aliphatic hydroxyl groups is 2. The van der Waals surface area contributed by atoms with Crippen LogP contribution >= 0.6 is 0 Å². The van der Waals surface area contributed by atoms with Crippen LogP contribution in [-0.2, 0) is 33.7 Å². The van der Waals surface area contributed by atoms with Gasteiger partial charge in [-0.2, -0.15) is 0 Å². The van der Waals surface area contributed by atoms with Crippen molar-refractivity contribution in [2.75, 3.05) is 13.7 Å². The van der Waals surface area contributed by atoms with E-state index in [1.807, 2.05) is 106 Å². The van der Waals surface area contributed by atoms with E-state index in [0.717, 1.165) is 22.3 Å². The Bertz CT molecular complexity index is 1460. The quantitative estimate of drug-likeness (QED) is 0.181. The van der Waals surface area contributed by atoms with Gasteiger partial charge in [0.2, 0.25) is 0 Å². The van der Waals surface area contributed by atoms with Gasteiger partial charge in [-0.1, -0.05) is 106 Å². The fourth-order valence-corrected chi connectivity index (χ4v) is 5.85. The lowest BCUT2D eigenvalue weighted by atomic mass is 9.86. The summed E-state index contributed by atoms with van der Waals surface area (Å²) in [5.74, 6) is -0.981. The highest BCUT2D eigenvalue weighted by Crippen LogP contribution is 2.32. The zero-order valence-electron chi connectivity index (χ0n) is 27.0. The number of nitrogens with one attached hydrogen (secondary N) is 3. The first-order valence-electron chi connectivity index (χ1n) is 15.7. The maximum atomic E-state index is 13.8. The summed E-state index contributed by atoms with van der Waals surface area (Å²) in [6, 6.07) is 25.0. The van der Waals surface area contributed by atoms with Crippen LogP contribution in [0.2, 0.25) is 0 Å². The van der Waals surface area contributed by atoms with Crippen LogP contribution in [0.4, 0.5) is 4.79 Å². The predicted molar refractivity (Wildman–Crippen MR) is 175 cm³/mol. The van der Waals surface area contributed by atoms with Crippen molar-refractivity contribution >= 4 is 17.9 Å². The molecule has 46 heavy (non-hydrogen) atoms. The molecule has 4 rings (SSSR count). The summed E-state index contributed by atoms with van der Waals surface area (Å²) in [5, 5.41) is 30.1. The first-order chi connectivity index (χ1) is 21.9. The van der Waals surface area contributed by atoms with Crippen molar-refractivity contribution in [1.82, 2.24) is 21.1 Å². The third kappa shape index (κ3) is 9.15. The molecule has 0 fully saturated rings. The fraction of sp³-hybridized carbons (Fsp3) is 0.417. The maximum absolute atomic E-state index is 13.8. The summed E-state index contributed by atoms with van der Waals surface area (Å²) in [7, 11) is 1.24. The van der Waals surface area contributed by atoms with Gasteiger partial charge < -0.3 is 25.6 Å². The highest BCUT2D eigenvalue weighted by atomic mass is 16.5. The molecule has 4 atom stereocenters. The second-order valence-corrected chi connectivity index (χ2v) is 13.0. The van der Waals surface area contributed by atoms with E-state index in [-0.39, 0.29) is 12.8 Å². The van der Waals surface area contributed by atoms with Crippen molar-refractivity contribution in [2.45, 2.75) is 76.8 Å². The first kappa shape index (κ1) is 34.6. The standard InChI is InChI=1S/C36H46N4O6/c1-35(2,3)31(38-34(44)46-4)32(42)39-40(24-26-16-9-6-10-17-26)21-13-20-36(45,23-25-14-7-5-8-15-25)33(43)37-30-28-19-12-11-18-27(28)22-29(30)41/h5-12,14-19,29-31,41,45H,13,20-24H2,1-4H3,(H,37,43)(H,38,44)(H,39,42)/t29-,30+,31-,36-/m1/s1. The number of hydrogen-bond donors (Lipinski definition) is 5. The van der Waals surface area contributed by atoms with E-state index < -0.39 is 47.1 Å². The van der Waals surface area contributed by atoms with Gasteiger partial charge >= 0.3 is 6.09 Å². The van der Waals surface area contributed by atoms with Crippen LogP contribution in [0.1, 0.15) is 61.9 Å². The number of fused-ring (bicyclic) bond motifs is 1. The lowest BCUT2D eigenvalue weighted by Gasteiger charge is -2.33. The Hall–Kier alpha value is -4.25. The molecule has 3 amide bonds. The highest BCUT2D eigenvalue weighted by molar-refractivity contribution is 5.86. The average Bonchev–Trinajstić information content (AvgIpc) is 3.34. The van der Waals surface area contributed by atoms with Gasteiger partial charge in [0, 0.05) is 25.9 Å². The topological polar surface area (TPSA) is 140 Å². The van der Waals surface area contributed by atoms with Gasteiger partial charge in [0.25, 0.3) is 11.8 Å². The lowest BCUT2D eigenvalue weighted by Crippen LogP contribution is -2.57. The molecule has 0 heterocycles. The van der Waals surface area contributed by atoms with Gasteiger partial charge in [-0.3, -0.25) is 15.0 Å². The summed E-state index contributed by atoms with van der Waals surface area (Å²) >= 11 is 0. The SMILES string of the molecule is COC(=O)N[C@H](C(=O)NN(CCC[C@@](O)(Cc1ccccc1)C(=O)N[C@H]1c2ccccc2C[C@H]1O)Cc1ccccc1)C(C)(C)C. The molecule has 1 aliphatic rings. The number of alkyl carbamates (subject to hydrolysis) is 1. The fourth-order valence-electron chi connectivity index (χ4n) is 5.85. The van der Waals surface area contributed by atoms with Crippen molar-refractivity contribution in [2.24, 2.45) is 5.41 Å². The van der Waals surface area contributed by atoms with Crippen LogP contribution < -0.4 is 16.1 Å². The molecule has 0 aromatic heterocycles. The van der Waals surface area contributed by atoms with Crippen molar-refractivity contribution in [3.63, 3.8) is 0 Å². The van der Waals surface area contributed by atoms with E-state index in [9.17, 15) is 24.6 Å². The van der Waals surface area contributed by atoms with Crippen molar-refractivity contribution < 1.29 is 29.3 Å². The van der Waals surface area contributed by atoms with Crippen LogP contribution in [0.3, 0.4) is 0 Å². The normalized spacial score (nSPS) is 17.8. The van der Waals surface area contributed by atoms with Gasteiger partial charge in [-0.25, -0.2) is 9.80 Å². The minimum absolute atomic E-state index is 0.0737. The number of amides is 3. The second kappa shape index (κ2) is 15.4. The zero-order valence-corrected chi connectivity index (χ0v) is 27.0. The molecule has 5 N–H and O–H groups in total. The van der Waals surface area contributed by atoms with Gasteiger partial charge in [0.1, 0.15) is 11.6 Å². The van der Waals surface area contributed by atoms with Crippen molar-refractivity contribution in [3.05, 3.63) is 107 Å². The number of hydrogen-bond acceptors (Lipinski definition) is 7. The van der Waals surface area contributed by atoms with Gasteiger partial charge in [0.15, 0.2) is 0 Å². The molecule has 0 saturated carbocycles. The van der Waals surface area contributed by atoms with E-state index in [1.54, 1.807) is 5.01 Å². The molecular formula is C36H46N4O6. The Morgan fingerprint density at radius 1 is 0.935 bits per heavy atom. The molecule has 0 saturated heterocycles. The van der Waals surface area contributed by atoms with E-state index >= 15 is 0 Å². The molecule has 0 bridgehead atoms. The Morgan fingerprint density at radius 2 is 1.54 bits per heavy atom. The predicted octanol–water partition coefficient (Wildman–Crippen LogP) is 3.82. The second-order valence-electron chi connectivity index (χ2n) is 13.0. The molecule has 0 radical (unpaired) electrons. The Kier molecular flexibility index (Phi) is 11.6. The summed E-state index contributed by atoms with van der Waals surface area (Å²) in [6.07, 6.45) is -0.581. The number of carbonyl (C=O) groups is 3. The first-order valence-corrected chi connectivity index (χ1v) is 15.7. The number of hydrazine groups is 1. The molecule has 10 heteroatoms. The summed E-state index contributed by atoms with van der Waals surface area (Å²) < 4.78 is 4.75. The Balaban J connectivity index is 1.52. The Labute approximate surface area is 271 Å². The minimum atomic E-state index is -1.79. The van der Waals surface area contributed by atoms with Crippen molar-refractivity contribution in [3.8, 4) is 0 Å². The number of methoxy groups -OCH3 is 1. The van der Waals surface area contributed by atoms with Crippen LogP contribution in [0.15, 0.2) is 84.9 Å². The molecule has 0 spiro atoms. The average molecular weight is 631 g/mol. The summed E-state index contributed by atoms with van der Waals surface area (Å²) in [4.78, 5) is 39.4. The minimum Gasteiger partial charge on any atom is -0.453 e. The number of benzene rings is 3. The van der Waals surface area contributed by atoms with Crippen LogP contribution in [0.5, 0.6) is 0 Å².